The third-order valence-electron chi connectivity index (χ3n) is 6.57. The second-order valence-electron chi connectivity index (χ2n) is 8.66. The molecule has 2 aromatic rings. The molecule has 0 saturated heterocycles. The van der Waals surface area contributed by atoms with E-state index >= 15 is 0 Å². The monoisotopic (exact) mass is 414 g/mol. The van der Waals surface area contributed by atoms with Crippen LogP contribution in [0.15, 0.2) is 23.1 Å². The zero-order chi connectivity index (χ0) is 21.1. The molecule has 0 aliphatic heterocycles. The van der Waals surface area contributed by atoms with Crippen molar-refractivity contribution in [1.29, 1.82) is 0 Å². The molecule has 2 fully saturated rings. The summed E-state index contributed by atoms with van der Waals surface area (Å²) in [4.78, 5) is 25.1. The minimum absolute atomic E-state index is 0.147. The number of benzene rings is 1. The summed E-state index contributed by atoms with van der Waals surface area (Å²) in [5.41, 5.74) is 1.18. The fourth-order valence-electron chi connectivity index (χ4n) is 5.04. The average Bonchev–Trinajstić information content (AvgIpc) is 3.27. The molecule has 1 heterocycles. The molecule has 2 aliphatic carbocycles. The lowest BCUT2D eigenvalue weighted by atomic mass is 9.93. The van der Waals surface area contributed by atoms with Crippen molar-refractivity contribution < 1.29 is 13.9 Å². The van der Waals surface area contributed by atoms with Gasteiger partial charge >= 0.3 is 5.97 Å². The highest BCUT2D eigenvalue weighted by Crippen LogP contribution is 2.38. The Morgan fingerprint density at radius 3 is 2.50 bits per heavy atom. The third-order valence-corrected chi connectivity index (χ3v) is 6.57. The summed E-state index contributed by atoms with van der Waals surface area (Å²) in [5, 5.41) is 4.54. The summed E-state index contributed by atoms with van der Waals surface area (Å²) < 4.78 is 21.4. The number of hydrogen-bond acceptors (Lipinski definition) is 4. The number of carbonyl (C=O) groups excluding carboxylic acids is 1. The number of halogens is 1. The predicted molar refractivity (Wildman–Crippen MR) is 117 cm³/mol. The fourth-order valence-corrected chi connectivity index (χ4v) is 5.04. The second kappa shape index (κ2) is 9.19. The van der Waals surface area contributed by atoms with Crippen molar-refractivity contribution in [3.8, 4) is 0 Å². The Balaban J connectivity index is 1.78. The van der Waals surface area contributed by atoms with Crippen molar-refractivity contribution in [2.45, 2.75) is 83.2 Å². The molecule has 1 aromatic carbocycles. The van der Waals surface area contributed by atoms with Gasteiger partial charge in [0.1, 0.15) is 12.4 Å². The Bertz CT molecular complexity index is 973. The molecule has 1 N–H and O–H groups in total. The second-order valence-corrected chi connectivity index (χ2v) is 8.66. The number of fused-ring (bicyclic) bond motifs is 1. The lowest BCUT2D eigenvalue weighted by Gasteiger charge is -2.25. The van der Waals surface area contributed by atoms with Gasteiger partial charge in [-0.15, -0.1) is 0 Å². The Hall–Kier alpha value is -2.37. The molecule has 4 rings (SSSR count). The van der Waals surface area contributed by atoms with E-state index in [0.29, 0.717) is 17.0 Å². The van der Waals surface area contributed by atoms with E-state index in [1.54, 1.807) is 13.1 Å². The van der Waals surface area contributed by atoms with Crippen molar-refractivity contribution in [2.24, 2.45) is 0 Å². The van der Waals surface area contributed by atoms with Gasteiger partial charge < -0.3 is 14.6 Å². The molecular weight excluding hydrogens is 383 g/mol. The summed E-state index contributed by atoms with van der Waals surface area (Å²) >= 11 is 0. The molecule has 0 unspecified atom stereocenters. The minimum atomic E-state index is -0.452. The van der Waals surface area contributed by atoms with Gasteiger partial charge in [0.25, 0.3) is 5.56 Å². The smallest absolute Gasteiger partial charge is 0.326 e. The molecule has 0 atom stereocenters. The number of rotatable bonds is 6. The SMILES string of the molecule is CCOC(=O)Cn1cc(C2CCCC2)c2cc(NC3CCCCC3)c(F)cc2c1=O. The van der Waals surface area contributed by atoms with Gasteiger partial charge in [0.05, 0.1) is 17.7 Å². The van der Waals surface area contributed by atoms with Gasteiger partial charge in [0, 0.05) is 12.2 Å². The molecule has 5 nitrogen and oxygen atoms in total. The first-order valence-electron chi connectivity index (χ1n) is 11.4. The molecule has 2 aliphatic rings. The van der Waals surface area contributed by atoms with Crippen LogP contribution in [-0.4, -0.2) is 23.2 Å². The van der Waals surface area contributed by atoms with E-state index in [9.17, 15) is 14.0 Å². The zero-order valence-corrected chi connectivity index (χ0v) is 17.7. The van der Waals surface area contributed by atoms with Gasteiger partial charge in [-0.25, -0.2) is 4.39 Å². The topological polar surface area (TPSA) is 60.3 Å². The number of aromatic nitrogens is 1. The van der Waals surface area contributed by atoms with Crippen LogP contribution in [0.25, 0.3) is 10.8 Å². The third kappa shape index (κ3) is 4.37. The number of nitrogens with zero attached hydrogens (tertiary/aromatic N) is 1. The highest BCUT2D eigenvalue weighted by molar-refractivity contribution is 5.89. The normalized spacial score (nSPS) is 18.1. The summed E-state index contributed by atoms with van der Waals surface area (Å²) in [6, 6.07) is 3.45. The molecular formula is C24H31FN2O3. The molecule has 0 radical (unpaired) electrons. The van der Waals surface area contributed by atoms with Crippen LogP contribution in [0, 0.1) is 5.82 Å². The first-order chi connectivity index (χ1) is 14.6. The number of pyridine rings is 1. The van der Waals surface area contributed by atoms with Crippen molar-refractivity contribution in [2.75, 3.05) is 11.9 Å². The Kier molecular flexibility index (Phi) is 6.40. The molecule has 0 amide bonds. The highest BCUT2D eigenvalue weighted by atomic mass is 19.1. The largest absolute Gasteiger partial charge is 0.465 e. The number of hydrogen-bond donors (Lipinski definition) is 1. The minimum Gasteiger partial charge on any atom is -0.465 e. The fraction of sp³-hybridized carbons (Fsp3) is 0.583. The Morgan fingerprint density at radius 1 is 1.10 bits per heavy atom. The van der Waals surface area contributed by atoms with Crippen LogP contribution >= 0.6 is 0 Å². The lowest BCUT2D eigenvalue weighted by molar-refractivity contribution is -0.143. The number of nitrogens with one attached hydrogen (secondary N) is 1. The first kappa shape index (κ1) is 20.9. The van der Waals surface area contributed by atoms with Gasteiger partial charge in [0.2, 0.25) is 0 Å². The molecule has 0 bridgehead atoms. The summed E-state index contributed by atoms with van der Waals surface area (Å²) in [5.74, 6) is -0.529. The van der Waals surface area contributed by atoms with Crippen LogP contribution in [0.1, 0.15) is 76.2 Å². The maximum absolute atomic E-state index is 15.0. The standard InChI is InChI=1S/C24H31FN2O3/c1-2-30-23(28)15-27-14-20(16-8-6-7-9-16)18-13-22(21(25)12-19(18)24(27)29)26-17-10-4-3-5-11-17/h12-14,16-17,26H,2-11,15H2,1H3. The quantitative estimate of drug-likeness (QED) is 0.668. The van der Waals surface area contributed by atoms with Gasteiger partial charge in [-0.3, -0.25) is 9.59 Å². The molecule has 2 saturated carbocycles. The summed E-state index contributed by atoms with van der Waals surface area (Å²) in [7, 11) is 0. The van der Waals surface area contributed by atoms with E-state index < -0.39 is 11.8 Å². The van der Waals surface area contributed by atoms with Crippen LogP contribution in [0.3, 0.4) is 0 Å². The van der Waals surface area contributed by atoms with Gasteiger partial charge in [0.15, 0.2) is 0 Å². The van der Waals surface area contributed by atoms with E-state index in [1.807, 2.05) is 6.07 Å². The van der Waals surface area contributed by atoms with Crippen LogP contribution < -0.4 is 10.9 Å². The van der Waals surface area contributed by atoms with E-state index in [0.717, 1.165) is 49.5 Å². The molecule has 0 spiro atoms. The number of esters is 1. The van der Waals surface area contributed by atoms with E-state index in [-0.39, 0.29) is 24.8 Å². The molecule has 162 valence electrons. The van der Waals surface area contributed by atoms with Crippen LogP contribution in [-0.2, 0) is 16.1 Å². The number of anilines is 1. The lowest BCUT2D eigenvalue weighted by Crippen LogP contribution is -2.27. The van der Waals surface area contributed by atoms with Gasteiger partial charge in [-0.2, -0.15) is 0 Å². The Labute approximate surface area is 176 Å². The Morgan fingerprint density at radius 2 is 1.80 bits per heavy atom. The summed E-state index contributed by atoms with van der Waals surface area (Å²) in [6.07, 6.45) is 11.9. The summed E-state index contributed by atoms with van der Waals surface area (Å²) in [6.45, 7) is 1.86. The van der Waals surface area contributed by atoms with Crippen molar-refractivity contribution in [1.82, 2.24) is 4.57 Å². The first-order valence-corrected chi connectivity index (χ1v) is 11.4. The van der Waals surface area contributed by atoms with Crippen LogP contribution in [0.5, 0.6) is 0 Å². The highest BCUT2D eigenvalue weighted by Gasteiger charge is 2.24. The van der Waals surface area contributed by atoms with E-state index in [1.165, 1.54) is 29.9 Å². The van der Waals surface area contributed by atoms with E-state index in [2.05, 4.69) is 5.32 Å². The average molecular weight is 415 g/mol. The van der Waals surface area contributed by atoms with Gasteiger partial charge in [-0.05, 0) is 61.6 Å². The predicted octanol–water partition coefficient (Wildman–Crippen LogP) is 5.11. The van der Waals surface area contributed by atoms with Crippen LogP contribution in [0.2, 0.25) is 0 Å². The maximum Gasteiger partial charge on any atom is 0.326 e. The van der Waals surface area contributed by atoms with Crippen molar-refractivity contribution in [3.05, 3.63) is 40.1 Å². The van der Waals surface area contributed by atoms with Crippen molar-refractivity contribution >= 4 is 22.4 Å². The number of carbonyl (C=O) groups is 1. The van der Waals surface area contributed by atoms with E-state index in [4.69, 9.17) is 4.74 Å². The van der Waals surface area contributed by atoms with Gasteiger partial charge in [-0.1, -0.05) is 32.1 Å². The molecule has 6 heteroatoms. The zero-order valence-electron chi connectivity index (χ0n) is 17.7. The molecule has 1 aromatic heterocycles. The molecule has 30 heavy (non-hydrogen) atoms. The maximum atomic E-state index is 15.0. The van der Waals surface area contributed by atoms with Crippen LogP contribution in [0.4, 0.5) is 10.1 Å². The van der Waals surface area contributed by atoms with Crippen molar-refractivity contribution in [3.63, 3.8) is 0 Å². The number of ether oxygens (including phenoxy) is 1.